The zero-order valence-electron chi connectivity index (χ0n) is 9.49. The lowest BCUT2D eigenvalue weighted by molar-refractivity contribution is 0.403. The molecule has 2 heteroatoms. The van der Waals surface area contributed by atoms with Gasteiger partial charge >= 0.3 is 0 Å². The summed E-state index contributed by atoms with van der Waals surface area (Å²) in [5, 5.41) is 2.53. The lowest BCUT2D eigenvalue weighted by Gasteiger charge is -2.10. The summed E-state index contributed by atoms with van der Waals surface area (Å²) in [4.78, 5) is 6.46. The second-order valence-electron chi connectivity index (χ2n) is 4.19. The summed E-state index contributed by atoms with van der Waals surface area (Å²) in [5.41, 5.74) is 2.45. The zero-order valence-corrected chi connectivity index (χ0v) is 9.49. The molecule has 0 spiro atoms. The molecule has 1 aromatic carbocycles. The zero-order chi connectivity index (χ0) is 10.8. The third kappa shape index (κ3) is 2.16. The van der Waals surface area contributed by atoms with Crippen LogP contribution in [0.4, 0.5) is 0 Å². The van der Waals surface area contributed by atoms with Gasteiger partial charge in [-0.1, -0.05) is 12.1 Å². The van der Waals surface area contributed by atoms with Crippen molar-refractivity contribution < 1.29 is 0 Å². The fourth-order valence-electron chi connectivity index (χ4n) is 1.84. The number of fused-ring (bicyclic) bond motifs is 1. The van der Waals surface area contributed by atoms with E-state index < -0.39 is 0 Å². The van der Waals surface area contributed by atoms with Crippen LogP contribution in [0, 0.1) is 6.92 Å². The van der Waals surface area contributed by atoms with Gasteiger partial charge in [0.05, 0.1) is 0 Å². The van der Waals surface area contributed by atoms with Gasteiger partial charge in [0.25, 0.3) is 0 Å². The van der Waals surface area contributed by atoms with Gasteiger partial charge in [0.15, 0.2) is 0 Å². The number of rotatable bonds is 2. The maximum Gasteiger partial charge on any atom is 0.0450 e. The molecule has 2 nitrogen and oxygen atoms in total. The van der Waals surface area contributed by atoms with Crippen molar-refractivity contribution in [3.05, 3.63) is 41.7 Å². The Hall–Kier alpha value is -1.41. The van der Waals surface area contributed by atoms with Crippen LogP contribution in [-0.4, -0.2) is 24.0 Å². The average Bonchev–Trinajstić information content (AvgIpc) is 2.17. The van der Waals surface area contributed by atoms with Gasteiger partial charge in [-0.05, 0) is 44.1 Å². The van der Waals surface area contributed by atoms with E-state index in [-0.39, 0.29) is 0 Å². The number of benzene rings is 1. The molecule has 0 amide bonds. The molecule has 2 rings (SSSR count). The highest BCUT2D eigenvalue weighted by atomic mass is 15.0. The second-order valence-corrected chi connectivity index (χ2v) is 4.19. The largest absolute Gasteiger partial charge is 0.305 e. The van der Waals surface area contributed by atoms with Gasteiger partial charge in [0.1, 0.15) is 0 Å². The number of nitrogens with zero attached hydrogens (tertiary/aromatic N) is 2. The van der Waals surface area contributed by atoms with Gasteiger partial charge in [0, 0.05) is 23.8 Å². The maximum atomic E-state index is 4.29. The van der Waals surface area contributed by atoms with E-state index in [1.54, 1.807) is 0 Å². The van der Waals surface area contributed by atoms with E-state index in [2.05, 4.69) is 48.2 Å². The molecule has 1 aromatic heterocycles. The number of hydrogen-bond donors (Lipinski definition) is 0. The Kier molecular flexibility index (Phi) is 2.69. The second kappa shape index (κ2) is 3.99. The summed E-state index contributed by atoms with van der Waals surface area (Å²) in [6.45, 7) is 3.03. The molecule has 0 aliphatic carbocycles. The summed E-state index contributed by atoms with van der Waals surface area (Å²) in [6, 6.07) is 8.65. The van der Waals surface area contributed by atoms with E-state index in [0.717, 1.165) is 12.2 Å². The highest BCUT2D eigenvalue weighted by Crippen LogP contribution is 2.18. The monoisotopic (exact) mass is 200 g/mol. The van der Waals surface area contributed by atoms with Gasteiger partial charge in [-0.15, -0.1) is 0 Å². The molecule has 0 aliphatic rings. The van der Waals surface area contributed by atoms with Crippen molar-refractivity contribution >= 4 is 10.8 Å². The molecule has 0 unspecified atom stereocenters. The van der Waals surface area contributed by atoms with Crippen LogP contribution in [0.25, 0.3) is 10.8 Å². The number of hydrogen-bond acceptors (Lipinski definition) is 2. The van der Waals surface area contributed by atoms with Crippen molar-refractivity contribution in [3.63, 3.8) is 0 Å². The fraction of sp³-hybridized carbons (Fsp3) is 0.308. The quantitative estimate of drug-likeness (QED) is 0.740. The fourth-order valence-corrected chi connectivity index (χ4v) is 1.84. The van der Waals surface area contributed by atoms with E-state index in [9.17, 15) is 0 Å². The van der Waals surface area contributed by atoms with Gasteiger partial charge in [0.2, 0.25) is 0 Å². The van der Waals surface area contributed by atoms with E-state index >= 15 is 0 Å². The van der Waals surface area contributed by atoms with Gasteiger partial charge in [-0.25, -0.2) is 0 Å². The third-order valence-corrected chi connectivity index (χ3v) is 2.53. The molecule has 1 heterocycles. The minimum Gasteiger partial charge on any atom is -0.305 e. The first-order chi connectivity index (χ1) is 7.16. The van der Waals surface area contributed by atoms with Crippen molar-refractivity contribution in [2.75, 3.05) is 14.1 Å². The Morgan fingerprint density at radius 2 is 2.00 bits per heavy atom. The minimum absolute atomic E-state index is 0.983. The smallest absolute Gasteiger partial charge is 0.0450 e. The third-order valence-electron chi connectivity index (χ3n) is 2.53. The van der Waals surface area contributed by atoms with Crippen LogP contribution in [0.15, 0.2) is 30.5 Å². The van der Waals surface area contributed by atoms with E-state index in [1.165, 1.54) is 16.3 Å². The van der Waals surface area contributed by atoms with Crippen LogP contribution in [0.3, 0.4) is 0 Å². The topological polar surface area (TPSA) is 16.1 Å². The predicted octanol–water partition coefficient (Wildman–Crippen LogP) is 2.60. The molecule has 0 bridgehead atoms. The molecule has 0 N–H and O–H groups in total. The first kappa shape index (κ1) is 10.1. The van der Waals surface area contributed by atoms with Gasteiger partial charge in [-0.2, -0.15) is 0 Å². The molecule has 15 heavy (non-hydrogen) atoms. The van der Waals surface area contributed by atoms with Crippen molar-refractivity contribution in [3.8, 4) is 0 Å². The first-order valence-corrected chi connectivity index (χ1v) is 5.16. The normalized spacial score (nSPS) is 11.2. The molecule has 0 aliphatic heterocycles. The Morgan fingerprint density at radius 3 is 2.73 bits per heavy atom. The van der Waals surface area contributed by atoms with Crippen LogP contribution in [0.2, 0.25) is 0 Å². The summed E-state index contributed by atoms with van der Waals surface area (Å²) in [7, 11) is 4.17. The summed E-state index contributed by atoms with van der Waals surface area (Å²) >= 11 is 0. The summed E-state index contributed by atoms with van der Waals surface area (Å²) < 4.78 is 0. The van der Waals surface area contributed by atoms with Crippen molar-refractivity contribution in [2.24, 2.45) is 0 Å². The Balaban J connectivity index is 2.48. The standard InChI is InChI=1S/C13H16N2/c1-10-13-5-4-11(9-15(2)3)8-12(13)6-7-14-10/h4-8H,9H2,1-3H3. The Morgan fingerprint density at radius 1 is 1.20 bits per heavy atom. The van der Waals surface area contributed by atoms with Crippen molar-refractivity contribution in [2.45, 2.75) is 13.5 Å². The van der Waals surface area contributed by atoms with Crippen LogP contribution in [-0.2, 0) is 6.54 Å². The molecular formula is C13H16N2. The van der Waals surface area contributed by atoms with Crippen LogP contribution in [0.1, 0.15) is 11.3 Å². The SMILES string of the molecule is Cc1nccc2cc(CN(C)C)ccc12. The molecule has 78 valence electrons. The van der Waals surface area contributed by atoms with Crippen LogP contribution < -0.4 is 0 Å². The molecule has 2 aromatic rings. The average molecular weight is 200 g/mol. The molecule has 0 saturated carbocycles. The van der Waals surface area contributed by atoms with Crippen molar-refractivity contribution in [1.82, 2.24) is 9.88 Å². The van der Waals surface area contributed by atoms with Gasteiger partial charge in [-0.3, -0.25) is 4.98 Å². The lowest BCUT2D eigenvalue weighted by atomic mass is 10.1. The van der Waals surface area contributed by atoms with Gasteiger partial charge < -0.3 is 4.90 Å². The van der Waals surface area contributed by atoms with Crippen LogP contribution >= 0.6 is 0 Å². The predicted molar refractivity (Wildman–Crippen MR) is 63.9 cm³/mol. The molecule has 0 atom stereocenters. The highest BCUT2D eigenvalue weighted by Gasteiger charge is 2.00. The van der Waals surface area contributed by atoms with Crippen LogP contribution in [0.5, 0.6) is 0 Å². The number of aromatic nitrogens is 1. The maximum absolute atomic E-state index is 4.29. The van der Waals surface area contributed by atoms with E-state index in [4.69, 9.17) is 0 Å². The first-order valence-electron chi connectivity index (χ1n) is 5.16. The Bertz CT molecular complexity index is 475. The number of aryl methyl sites for hydroxylation is 1. The summed E-state index contributed by atoms with van der Waals surface area (Å²) in [6.07, 6.45) is 1.87. The molecule has 0 radical (unpaired) electrons. The van der Waals surface area contributed by atoms with Crippen molar-refractivity contribution in [1.29, 1.82) is 0 Å². The number of pyridine rings is 1. The van der Waals surface area contributed by atoms with E-state index in [1.807, 2.05) is 13.1 Å². The highest BCUT2D eigenvalue weighted by molar-refractivity contribution is 5.84. The molecule has 0 fully saturated rings. The lowest BCUT2D eigenvalue weighted by Crippen LogP contribution is -2.10. The summed E-state index contributed by atoms with van der Waals surface area (Å²) in [5.74, 6) is 0. The molecular weight excluding hydrogens is 184 g/mol. The molecule has 0 saturated heterocycles. The van der Waals surface area contributed by atoms with E-state index in [0.29, 0.717) is 0 Å². The Labute approximate surface area is 90.6 Å². The minimum atomic E-state index is 0.983.